The number of hydrogen-bond donors (Lipinski definition) is 1. The van der Waals surface area contributed by atoms with Gasteiger partial charge >= 0.3 is 0 Å². The summed E-state index contributed by atoms with van der Waals surface area (Å²) in [4.78, 5) is 4.27. The molecule has 1 aromatic heterocycles. The first kappa shape index (κ1) is 11.0. The zero-order valence-corrected chi connectivity index (χ0v) is 9.94. The topological polar surface area (TPSA) is 56.7 Å². The molecule has 0 atom stereocenters. The number of benzene rings is 1. The van der Waals surface area contributed by atoms with E-state index in [9.17, 15) is 0 Å². The Morgan fingerprint density at radius 3 is 2.75 bits per heavy atom. The number of anilines is 1. The summed E-state index contributed by atoms with van der Waals surface area (Å²) in [7, 11) is 0. The Balaban J connectivity index is 2.15. The van der Waals surface area contributed by atoms with Gasteiger partial charge in [-0.3, -0.25) is 4.68 Å². The van der Waals surface area contributed by atoms with Gasteiger partial charge in [0.15, 0.2) is 5.82 Å². The van der Waals surface area contributed by atoms with Crippen molar-refractivity contribution in [1.29, 1.82) is 0 Å². The number of rotatable bonds is 4. The predicted molar refractivity (Wildman–Crippen MR) is 68.3 cm³/mol. The van der Waals surface area contributed by atoms with Crippen LogP contribution in [0.25, 0.3) is 11.4 Å². The number of hydrogen-bond acceptors (Lipinski definition) is 4. The summed E-state index contributed by atoms with van der Waals surface area (Å²) >= 11 is 1.80. The van der Waals surface area contributed by atoms with Gasteiger partial charge in [0.25, 0.3) is 0 Å². The van der Waals surface area contributed by atoms with Gasteiger partial charge in [-0.15, -0.1) is 0 Å². The maximum atomic E-state index is 5.63. The van der Waals surface area contributed by atoms with Gasteiger partial charge in [-0.05, 0) is 30.5 Å². The second kappa shape index (κ2) is 5.03. The van der Waals surface area contributed by atoms with Crippen molar-refractivity contribution in [2.45, 2.75) is 6.54 Å². The molecule has 0 bridgehead atoms. The summed E-state index contributed by atoms with van der Waals surface area (Å²) in [6.45, 7) is 0.892. The smallest absolute Gasteiger partial charge is 0.181 e. The van der Waals surface area contributed by atoms with Crippen LogP contribution < -0.4 is 5.73 Å². The van der Waals surface area contributed by atoms with Crippen molar-refractivity contribution < 1.29 is 0 Å². The monoisotopic (exact) mass is 234 g/mol. The van der Waals surface area contributed by atoms with Crippen molar-refractivity contribution in [3.63, 3.8) is 0 Å². The number of aryl methyl sites for hydroxylation is 1. The Morgan fingerprint density at radius 2 is 2.06 bits per heavy atom. The molecule has 0 aliphatic heterocycles. The molecular weight excluding hydrogens is 220 g/mol. The van der Waals surface area contributed by atoms with E-state index in [1.807, 2.05) is 28.9 Å². The van der Waals surface area contributed by atoms with E-state index >= 15 is 0 Å². The van der Waals surface area contributed by atoms with E-state index in [0.717, 1.165) is 29.4 Å². The number of nitrogens with two attached hydrogens (primary N) is 1. The molecule has 4 nitrogen and oxygen atoms in total. The van der Waals surface area contributed by atoms with Crippen LogP contribution in [-0.4, -0.2) is 26.8 Å². The van der Waals surface area contributed by atoms with Crippen molar-refractivity contribution in [1.82, 2.24) is 14.8 Å². The molecule has 0 unspecified atom stereocenters. The average molecular weight is 234 g/mol. The van der Waals surface area contributed by atoms with Crippen LogP contribution in [0.3, 0.4) is 0 Å². The molecule has 1 aromatic carbocycles. The van der Waals surface area contributed by atoms with Gasteiger partial charge in [0, 0.05) is 17.0 Å². The number of thioether (sulfide) groups is 1. The minimum Gasteiger partial charge on any atom is -0.399 e. The maximum Gasteiger partial charge on any atom is 0.181 e. The first-order valence-corrected chi connectivity index (χ1v) is 6.43. The van der Waals surface area contributed by atoms with E-state index in [0.29, 0.717) is 0 Å². The molecule has 16 heavy (non-hydrogen) atoms. The Kier molecular flexibility index (Phi) is 3.46. The van der Waals surface area contributed by atoms with E-state index in [-0.39, 0.29) is 0 Å². The van der Waals surface area contributed by atoms with Gasteiger partial charge < -0.3 is 5.73 Å². The lowest BCUT2D eigenvalue weighted by atomic mass is 10.2. The molecule has 0 fully saturated rings. The molecule has 0 aliphatic carbocycles. The Morgan fingerprint density at radius 1 is 1.31 bits per heavy atom. The molecule has 0 saturated carbocycles. The van der Waals surface area contributed by atoms with Crippen molar-refractivity contribution in [2.24, 2.45) is 0 Å². The molecular formula is C11H14N4S. The lowest BCUT2D eigenvalue weighted by molar-refractivity contribution is 0.666. The zero-order chi connectivity index (χ0) is 11.4. The van der Waals surface area contributed by atoms with Gasteiger partial charge in [-0.2, -0.15) is 16.9 Å². The SMILES string of the molecule is CSCCn1cnc(-c2ccc(N)cc2)n1. The maximum absolute atomic E-state index is 5.63. The zero-order valence-electron chi connectivity index (χ0n) is 9.13. The summed E-state index contributed by atoms with van der Waals surface area (Å²) in [5.74, 6) is 1.80. The lowest BCUT2D eigenvalue weighted by Crippen LogP contribution is -2.00. The van der Waals surface area contributed by atoms with Gasteiger partial charge in [-0.25, -0.2) is 4.98 Å². The predicted octanol–water partition coefficient (Wildman–Crippen LogP) is 1.89. The fourth-order valence-corrected chi connectivity index (χ4v) is 1.72. The van der Waals surface area contributed by atoms with Crippen LogP contribution in [0.2, 0.25) is 0 Å². The first-order chi connectivity index (χ1) is 7.79. The molecule has 0 saturated heterocycles. The quantitative estimate of drug-likeness (QED) is 0.821. The average Bonchev–Trinajstić information content (AvgIpc) is 2.76. The third kappa shape index (κ3) is 2.55. The molecule has 2 aromatic rings. The van der Waals surface area contributed by atoms with Crippen LogP contribution in [0, 0.1) is 0 Å². The first-order valence-electron chi connectivity index (χ1n) is 5.04. The van der Waals surface area contributed by atoms with Crippen LogP contribution in [0.1, 0.15) is 0 Å². The molecule has 84 valence electrons. The second-order valence-electron chi connectivity index (χ2n) is 3.45. The van der Waals surface area contributed by atoms with E-state index in [1.54, 1.807) is 18.1 Å². The summed E-state index contributed by atoms with van der Waals surface area (Å²) in [5, 5.41) is 4.40. The standard InChI is InChI=1S/C11H14N4S/c1-16-7-6-15-8-13-11(14-15)9-2-4-10(12)5-3-9/h2-5,8H,6-7,12H2,1H3. The van der Waals surface area contributed by atoms with Gasteiger partial charge in [0.05, 0.1) is 6.54 Å². The Hall–Kier alpha value is -1.49. The van der Waals surface area contributed by atoms with Crippen LogP contribution >= 0.6 is 11.8 Å². The van der Waals surface area contributed by atoms with Crippen LogP contribution in [0.15, 0.2) is 30.6 Å². The van der Waals surface area contributed by atoms with Crippen LogP contribution in [0.5, 0.6) is 0 Å². The van der Waals surface area contributed by atoms with E-state index in [1.165, 1.54) is 0 Å². The largest absolute Gasteiger partial charge is 0.399 e. The van der Waals surface area contributed by atoms with Crippen molar-refractivity contribution in [2.75, 3.05) is 17.7 Å². The third-order valence-corrected chi connectivity index (χ3v) is 2.82. The van der Waals surface area contributed by atoms with Crippen LogP contribution in [0.4, 0.5) is 5.69 Å². The highest BCUT2D eigenvalue weighted by molar-refractivity contribution is 7.98. The van der Waals surface area contributed by atoms with Crippen molar-refractivity contribution >= 4 is 17.4 Å². The normalized spacial score (nSPS) is 10.6. The second-order valence-corrected chi connectivity index (χ2v) is 4.43. The highest BCUT2D eigenvalue weighted by atomic mass is 32.2. The molecule has 0 radical (unpaired) electrons. The highest BCUT2D eigenvalue weighted by Crippen LogP contribution is 2.15. The fourth-order valence-electron chi connectivity index (χ4n) is 1.35. The Bertz CT molecular complexity index is 449. The summed E-state index contributed by atoms with van der Waals surface area (Å²) < 4.78 is 1.86. The van der Waals surface area contributed by atoms with Gasteiger partial charge in [0.2, 0.25) is 0 Å². The van der Waals surface area contributed by atoms with Crippen molar-refractivity contribution in [3.8, 4) is 11.4 Å². The minimum atomic E-state index is 0.751. The van der Waals surface area contributed by atoms with Crippen LogP contribution in [-0.2, 0) is 6.54 Å². The number of aromatic nitrogens is 3. The minimum absolute atomic E-state index is 0.751. The van der Waals surface area contributed by atoms with E-state index in [2.05, 4.69) is 16.3 Å². The fraction of sp³-hybridized carbons (Fsp3) is 0.273. The molecule has 2 N–H and O–H groups in total. The molecule has 0 amide bonds. The molecule has 2 rings (SSSR count). The summed E-state index contributed by atoms with van der Waals surface area (Å²) in [6.07, 6.45) is 3.85. The molecule has 1 heterocycles. The number of nitrogen functional groups attached to an aromatic ring is 1. The molecule has 0 aliphatic rings. The van der Waals surface area contributed by atoms with Crippen molar-refractivity contribution in [3.05, 3.63) is 30.6 Å². The van der Waals surface area contributed by atoms with E-state index in [4.69, 9.17) is 5.73 Å². The van der Waals surface area contributed by atoms with Gasteiger partial charge in [0.1, 0.15) is 6.33 Å². The summed E-state index contributed by atoms with van der Waals surface area (Å²) in [5.41, 5.74) is 7.38. The highest BCUT2D eigenvalue weighted by Gasteiger charge is 2.03. The van der Waals surface area contributed by atoms with Gasteiger partial charge in [-0.1, -0.05) is 0 Å². The number of nitrogens with zero attached hydrogens (tertiary/aromatic N) is 3. The lowest BCUT2D eigenvalue weighted by Gasteiger charge is -1.97. The van der Waals surface area contributed by atoms with E-state index < -0.39 is 0 Å². The molecule has 5 heteroatoms. The Labute approximate surface area is 98.9 Å². The third-order valence-electron chi connectivity index (χ3n) is 2.23. The molecule has 0 spiro atoms. The summed E-state index contributed by atoms with van der Waals surface area (Å²) in [6, 6.07) is 7.59.